The van der Waals surface area contributed by atoms with Gasteiger partial charge in [-0.15, -0.1) is 0 Å². The van der Waals surface area contributed by atoms with Crippen LogP contribution in [0, 0.1) is 13.8 Å². The number of fused-ring (bicyclic) bond motifs is 2. The first kappa shape index (κ1) is 12.7. The molecule has 0 radical (unpaired) electrons. The number of anilines is 2. The molecule has 2 N–H and O–H groups in total. The number of nitrogens with zero attached hydrogens (tertiary/aromatic N) is 1. The molecule has 0 aliphatic carbocycles. The molecular weight excluding hydrogens is 246 g/mol. The third-order valence-corrected chi connectivity index (χ3v) is 3.84. The number of rotatable bonds is 2. The summed E-state index contributed by atoms with van der Waals surface area (Å²) < 4.78 is 0. The Morgan fingerprint density at radius 1 is 0.700 bits per heavy atom. The lowest BCUT2D eigenvalue weighted by Crippen LogP contribution is -1.95. The molecule has 0 amide bonds. The summed E-state index contributed by atoms with van der Waals surface area (Å²) in [6.07, 6.45) is 0. The zero-order valence-electron chi connectivity index (χ0n) is 12.3. The quantitative estimate of drug-likeness (QED) is 0.685. The van der Waals surface area contributed by atoms with E-state index in [1.54, 1.807) is 0 Å². The van der Waals surface area contributed by atoms with E-state index in [0.29, 0.717) is 0 Å². The highest BCUT2D eigenvalue weighted by molar-refractivity contribution is 5.96. The minimum atomic E-state index is 1.03. The largest absolute Gasteiger partial charge is 0.388 e. The van der Waals surface area contributed by atoms with Crippen LogP contribution in [0.3, 0.4) is 0 Å². The van der Waals surface area contributed by atoms with Crippen molar-refractivity contribution in [3.63, 3.8) is 0 Å². The molecule has 3 heteroatoms. The molecule has 1 heterocycles. The summed E-state index contributed by atoms with van der Waals surface area (Å²) in [5.74, 6) is 0. The third-order valence-electron chi connectivity index (χ3n) is 3.84. The Hall–Kier alpha value is -2.29. The van der Waals surface area contributed by atoms with Crippen molar-refractivity contribution in [2.24, 2.45) is 0 Å². The van der Waals surface area contributed by atoms with Crippen molar-refractivity contribution in [2.75, 3.05) is 24.7 Å². The predicted octanol–water partition coefficient (Wildman–Crippen LogP) is 4.09. The summed E-state index contributed by atoms with van der Waals surface area (Å²) in [7, 11) is 3.88. The van der Waals surface area contributed by atoms with Crippen LogP contribution in [-0.2, 0) is 0 Å². The standard InChI is InChI=1S/C17H19N3/c1-10-5-12-7-13-6-11(2)15(19-4)9-17(13)20-16(12)8-14(10)18-3/h5-9,18-19H,1-4H3. The van der Waals surface area contributed by atoms with Crippen molar-refractivity contribution in [1.29, 1.82) is 0 Å². The van der Waals surface area contributed by atoms with E-state index in [4.69, 9.17) is 4.98 Å². The highest BCUT2D eigenvalue weighted by Gasteiger charge is 2.06. The fourth-order valence-electron chi connectivity index (χ4n) is 2.70. The SMILES string of the molecule is CNc1cc2nc3cc(NC)c(C)cc3cc2cc1C. The van der Waals surface area contributed by atoms with Crippen LogP contribution in [-0.4, -0.2) is 19.1 Å². The molecule has 0 atom stereocenters. The molecule has 20 heavy (non-hydrogen) atoms. The van der Waals surface area contributed by atoms with Crippen molar-refractivity contribution in [3.8, 4) is 0 Å². The minimum Gasteiger partial charge on any atom is -0.388 e. The summed E-state index contributed by atoms with van der Waals surface area (Å²) >= 11 is 0. The number of nitrogens with one attached hydrogen (secondary N) is 2. The molecule has 0 saturated heterocycles. The maximum atomic E-state index is 4.80. The first-order chi connectivity index (χ1) is 9.62. The number of benzene rings is 2. The van der Waals surface area contributed by atoms with Crippen LogP contribution in [0.2, 0.25) is 0 Å². The summed E-state index contributed by atoms with van der Waals surface area (Å²) in [6.45, 7) is 4.23. The van der Waals surface area contributed by atoms with Gasteiger partial charge in [-0.1, -0.05) is 0 Å². The predicted molar refractivity (Wildman–Crippen MR) is 87.8 cm³/mol. The van der Waals surface area contributed by atoms with E-state index < -0.39 is 0 Å². The van der Waals surface area contributed by atoms with E-state index in [1.807, 2.05) is 14.1 Å². The third kappa shape index (κ3) is 1.95. The zero-order valence-corrected chi connectivity index (χ0v) is 12.3. The van der Waals surface area contributed by atoms with Crippen molar-refractivity contribution in [1.82, 2.24) is 4.98 Å². The molecule has 0 unspecified atom stereocenters. The second-order valence-electron chi connectivity index (χ2n) is 5.21. The van der Waals surface area contributed by atoms with Gasteiger partial charge in [0, 0.05) is 36.2 Å². The van der Waals surface area contributed by atoms with Crippen molar-refractivity contribution < 1.29 is 0 Å². The molecule has 0 aliphatic heterocycles. The minimum absolute atomic E-state index is 1.03. The Labute approximate surface area is 119 Å². The van der Waals surface area contributed by atoms with Crippen molar-refractivity contribution in [2.45, 2.75) is 13.8 Å². The van der Waals surface area contributed by atoms with Crippen LogP contribution >= 0.6 is 0 Å². The zero-order chi connectivity index (χ0) is 14.3. The molecule has 0 fully saturated rings. The molecule has 0 spiro atoms. The fraction of sp³-hybridized carbons (Fsp3) is 0.235. The molecular formula is C17H19N3. The first-order valence-corrected chi connectivity index (χ1v) is 6.83. The Kier molecular flexibility index (Phi) is 2.97. The number of aromatic nitrogens is 1. The average Bonchev–Trinajstić information content (AvgIpc) is 2.44. The van der Waals surface area contributed by atoms with Gasteiger partial charge < -0.3 is 10.6 Å². The summed E-state index contributed by atoms with van der Waals surface area (Å²) in [5.41, 5.74) is 6.79. The van der Waals surface area contributed by atoms with Gasteiger partial charge in [-0.25, -0.2) is 4.98 Å². The highest BCUT2D eigenvalue weighted by Crippen LogP contribution is 2.28. The number of hydrogen-bond acceptors (Lipinski definition) is 3. The molecule has 3 nitrogen and oxygen atoms in total. The van der Waals surface area contributed by atoms with E-state index in [-0.39, 0.29) is 0 Å². The lowest BCUT2D eigenvalue weighted by atomic mass is 10.0. The second-order valence-corrected chi connectivity index (χ2v) is 5.21. The van der Waals surface area contributed by atoms with Crippen LogP contribution < -0.4 is 10.6 Å². The molecule has 2 aromatic carbocycles. The monoisotopic (exact) mass is 265 g/mol. The van der Waals surface area contributed by atoms with Gasteiger partial charge in [-0.3, -0.25) is 0 Å². The maximum Gasteiger partial charge on any atom is 0.0730 e. The van der Waals surface area contributed by atoms with E-state index in [1.165, 1.54) is 21.9 Å². The summed E-state index contributed by atoms with van der Waals surface area (Å²) in [5, 5.41) is 8.80. The highest BCUT2D eigenvalue weighted by atomic mass is 14.8. The van der Waals surface area contributed by atoms with E-state index in [0.717, 1.165) is 22.4 Å². The van der Waals surface area contributed by atoms with Gasteiger partial charge in [0.2, 0.25) is 0 Å². The normalized spacial score (nSPS) is 11.0. The lowest BCUT2D eigenvalue weighted by molar-refractivity contribution is 1.39. The van der Waals surface area contributed by atoms with E-state index in [2.05, 4.69) is 54.8 Å². The maximum absolute atomic E-state index is 4.80. The van der Waals surface area contributed by atoms with Crippen LogP contribution in [0.4, 0.5) is 11.4 Å². The van der Waals surface area contributed by atoms with Gasteiger partial charge in [0.25, 0.3) is 0 Å². The Bertz CT molecular complexity index is 741. The second kappa shape index (κ2) is 4.67. The molecule has 1 aromatic heterocycles. The summed E-state index contributed by atoms with van der Waals surface area (Å²) in [6, 6.07) is 10.8. The molecule has 0 bridgehead atoms. The van der Waals surface area contributed by atoms with Crippen LogP contribution in [0.25, 0.3) is 21.8 Å². The van der Waals surface area contributed by atoms with Gasteiger partial charge in [-0.2, -0.15) is 0 Å². The molecule has 102 valence electrons. The summed E-state index contributed by atoms with van der Waals surface area (Å²) in [4.78, 5) is 4.80. The fourth-order valence-corrected chi connectivity index (χ4v) is 2.70. The van der Waals surface area contributed by atoms with Crippen LogP contribution in [0.1, 0.15) is 11.1 Å². The topological polar surface area (TPSA) is 37.0 Å². The lowest BCUT2D eigenvalue weighted by Gasteiger charge is -2.10. The van der Waals surface area contributed by atoms with Crippen molar-refractivity contribution in [3.05, 3.63) is 41.5 Å². The molecule has 0 saturated carbocycles. The smallest absolute Gasteiger partial charge is 0.0730 e. The van der Waals surface area contributed by atoms with Gasteiger partial charge >= 0.3 is 0 Å². The average molecular weight is 265 g/mol. The molecule has 3 rings (SSSR count). The van der Waals surface area contributed by atoms with E-state index >= 15 is 0 Å². The van der Waals surface area contributed by atoms with Crippen molar-refractivity contribution >= 4 is 33.2 Å². The number of hydrogen-bond donors (Lipinski definition) is 2. The van der Waals surface area contributed by atoms with Gasteiger partial charge in [-0.05, 0) is 55.3 Å². The number of pyridine rings is 1. The molecule has 0 aliphatic rings. The van der Waals surface area contributed by atoms with Crippen LogP contribution in [0.5, 0.6) is 0 Å². The van der Waals surface area contributed by atoms with Gasteiger partial charge in [0.1, 0.15) is 0 Å². The van der Waals surface area contributed by atoms with Crippen LogP contribution in [0.15, 0.2) is 30.3 Å². The first-order valence-electron chi connectivity index (χ1n) is 6.83. The Balaban J connectivity index is 2.34. The molecule has 3 aromatic rings. The Morgan fingerprint density at radius 3 is 1.55 bits per heavy atom. The Morgan fingerprint density at radius 2 is 1.15 bits per heavy atom. The van der Waals surface area contributed by atoms with E-state index in [9.17, 15) is 0 Å². The number of aryl methyl sites for hydroxylation is 2. The van der Waals surface area contributed by atoms with Gasteiger partial charge in [0.05, 0.1) is 11.0 Å². The van der Waals surface area contributed by atoms with Gasteiger partial charge in [0.15, 0.2) is 0 Å².